The average Bonchev–Trinajstić information content (AvgIpc) is 3.33. The van der Waals surface area contributed by atoms with Crippen molar-refractivity contribution < 1.29 is 9.18 Å². The number of halogens is 1. The zero-order chi connectivity index (χ0) is 23.8. The molecule has 5 nitrogen and oxygen atoms in total. The summed E-state index contributed by atoms with van der Waals surface area (Å²) in [7, 11) is 1.86. The van der Waals surface area contributed by atoms with Crippen LogP contribution in [0.1, 0.15) is 22.5 Å². The molecule has 3 aromatic carbocycles. The molecule has 0 fully saturated rings. The molecular formula is C27H27FN4OS. The van der Waals surface area contributed by atoms with E-state index in [1.165, 1.54) is 29.2 Å². The Kier molecular flexibility index (Phi) is 7.99. The van der Waals surface area contributed by atoms with Crippen LogP contribution < -0.4 is 4.90 Å². The largest absolute Gasteiger partial charge is 0.341 e. The number of nitrogens with zero attached hydrogens (tertiary/aromatic N) is 4. The molecule has 0 aliphatic carbocycles. The van der Waals surface area contributed by atoms with Crippen LogP contribution in [0, 0.1) is 5.82 Å². The van der Waals surface area contributed by atoms with Gasteiger partial charge in [-0.05, 0) is 35.2 Å². The first-order valence-corrected chi connectivity index (χ1v) is 12.0. The van der Waals surface area contributed by atoms with Gasteiger partial charge in [-0.15, -0.1) is 0 Å². The van der Waals surface area contributed by atoms with Gasteiger partial charge in [0.2, 0.25) is 11.0 Å². The number of hydrogen-bond acceptors (Lipinski definition) is 5. The molecule has 0 unspecified atom stereocenters. The van der Waals surface area contributed by atoms with Crippen molar-refractivity contribution in [2.24, 2.45) is 0 Å². The van der Waals surface area contributed by atoms with Crippen molar-refractivity contribution in [1.82, 2.24) is 14.3 Å². The summed E-state index contributed by atoms with van der Waals surface area (Å²) in [5.74, 6) is 0.440. The van der Waals surface area contributed by atoms with Crippen LogP contribution in [0.3, 0.4) is 0 Å². The lowest BCUT2D eigenvalue weighted by atomic mass is 10.1. The summed E-state index contributed by atoms with van der Waals surface area (Å²) in [4.78, 5) is 21.6. The summed E-state index contributed by atoms with van der Waals surface area (Å²) in [5.41, 5.74) is 3.25. The number of benzene rings is 3. The van der Waals surface area contributed by atoms with E-state index in [-0.39, 0.29) is 18.3 Å². The highest BCUT2D eigenvalue weighted by Gasteiger charge is 2.18. The van der Waals surface area contributed by atoms with E-state index in [1.54, 1.807) is 12.1 Å². The minimum Gasteiger partial charge on any atom is -0.341 e. The van der Waals surface area contributed by atoms with Gasteiger partial charge in [0.15, 0.2) is 0 Å². The minimum absolute atomic E-state index is 0.0394. The zero-order valence-electron chi connectivity index (χ0n) is 19.1. The summed E-state index contributed by atoms with van der Waals surface area (Å²) in [6.45, 7) is 1.41. The number of carbonyl (C=O) groups is 1. The van der Waals surface area contributed by atoms with Crippen molar-refractivity contribution in [3.05, 3.63) is 113 Å². The smallest absolute Gasteiger partial charge is 0.242 e. The Morgan fingerprint density at radius 2 is 1.53 bits per heavy atom. The highest BCUT2D eigenvalue weighted by Crippen LogP contribution is 2.18. The van der Waals surface area contributed by atoms with Crippen molar-refractivity contribution in [2.75, 3.05) is 25.0 Å². The van der Waals surface area contributed by atoms with Crippen LogP contribution in [0.25, 0.3) is 0 Å². The molecule has 7 heteroatoms. The Bertz CT molecular complexity index is 1180. The maximum Gasteiger partial charge on any atom is 0.242 e. The van der Waals surface area contributed by atoms with E-state index in [0.717, 1.165) is 17.5 Å². The maximum absolute atomic E-state index is 13.3. The van der Waals surface area contributed by atoms with Crippen molar-refractivity contribution in [1.29, 1.82) is 0 Å². The molecule has 1 amide bonds. The van der Waals surface area contributed by atoms with E-state index in [9.17, 15) is 9.18 Å². The normalized spacial score (nSPS) is 10.8. The van der Waals surface area contributed by atoms with E-state index >= 15 is 0 Å². The second kappa shape index (κ2) is 11.5. The lowest BCUT2D eigenvalue weighted by molar-refractivity contribution is -0.130. The topological polar surface area (TPSA) is 49.3 Å². The SMILES string of the molecule is CN(CC(=O)N(CCc1ccccc1)Cc1ccccc1)c1nc(Cc2ccc(F)cc2)ns1. The van der Waals surface area contributed by atoms with Crippen LogP contribution in [-0.2, 0) is 24.2 Å². The van der Waals surface area contributed by atoms with Gasteiger partial charge in [0.05, 0.1) is 6.54 Å². The van der Waals surface area contributed by atoms with Gasteiger partial charge in [0.1, 0.15) is 11.6 Å². The van der Waals surface area contributed by atoms with E-state index < -0.39 is 0 Å². The van der Waals surface area contributed by atoms with Crippen LogP contribution in [0.2, 0.25) is 0 Å². The summed E-state index contributed by atoms with van der Waals surface area (Å²) in [6, 6.07) is 26.6. The molecule has 0 bridgehead atoms. The third-order valence-corrected chi connectivity index (χ3v) is 6.38. The fraction of sp³-hybridized carbons (Fsp3) is 0.222. The van der Waals surface area contributed by atoms with Gasteiger partial charge in [-0.3, -0.25) is 4.79 Å². The number of anilines is 1. The van der Waals surface area contributed by atoms with Crippen molar-refractivity contribution >= 4 is 22.6 Å². The van der Waals surface area contributed by atoms with Gasteiger partial charge in [0, 0.05) is 38.1 Å². The van der Waals surface area contributed by atoms with Crippen LogP contribution in [0.5, 0.6) is 0 Å². The number of likely N-dealkylation sites (N-methyl/N-ethyl adjacent to an activating group) is 1. The fourth-order valence-corrected chi connectivity index (χ4v) is 4.27. The Morgan fingerprint density at radius 1 is 0.882 bits per heavy atom. The van der Waals surface area contributed by atoms with Gasteiger partial charge in [-0.1, -0.05) is 72.8 Å². The van der Waals surface area contributed by atoms with Crippen LogP contribution in [-0.4, -0.2) is 40.3 Å². The summed E-state index contributed by atoms with van der Waals surface area (Å²) in [6.07, 6.45) is 1.32. The molecule has 4 aromatic rings. The first-order chi connectivity index (χ1) is 16.6. The van der Waals surface area contributed by atoms with Gasteiger partial charge < -0.3 is 9.80 Å². The van der Waals surface area contributed by atoms with Gasteiger partial charge in [-0.2, -0.15) is 4.37 Å². The lowest BCUT2D eigenvalue weighted by Gasteiger charge is -2.25. The third-order valence-electron chi connectivity index (χ3n) is 5.51. The fourth-order valence-electron chi connectivity index (χ4n) is 3.63. The van der Waals surface area contributed by atoms with Gasteiger partial charge in [-0.25, -0.2) is 9.37 Å². The summed E-state index contributed by atoms with van der Waals surface area (Å²) < 4.78 is 17.6. The van der Waals surface area contributed by atoms with Crippen LogP contribution in [0.4, 0.5) is 9.52 Å². The molecule has 0 saturated heterocycles. The maximum atomic E-state index is 13.3. The number of carbonyl (C=O) groups excluding carboxylic acids is 1. The Hall–Kier alpha value is -3.58. The summed E-state index contributed by atoms with van der Waals surface area (Å²) in [5, 5.41) is 0.688. The number of rotatable bonds is 10. The van der Waals surface area contributed by atoms with Crippen LogP contribution >= 0.6 is 11.5 Å². The van der Waals surface area contributed by atoms with Crippen molar-refractivity contribution in [2.45, 2.75) is 19.4 Å². The van der Waals surface area contributed by atoms with E-state index in [1.807, 2.05) is 65.4 Å². The Labute approximate surface area is 203 Å². The van der Waals surface area contributed by atoms with E-state index in [2.05, 4.69) is 21.5 Å². The third kappa shape index (κ3) is 6.71. The highest BCUT2D eigenvalue weighted by atomic mass is 32.1. The molecule has 0 atom stereocenters. The van der Waals surface area contributed by atoms with Crippen molar-refractivity contribution in [3.8, 4) is 0 Å². The van der Waals surface area contributed by atoms with Gasteiger partial charge >= 0.3 is 0 Å². The summed E-state index contributed by atoms with van der Waals surface area (Å²) >= 11 is 1.27. The molecule has 1 aromatic heterocycles. The first-order valence-electron chi connectivity index (χ1n) is 11.2. The number of amides is 1. The predicted molar refractivity (Wildman–Crippen MR) is 134 cm³/mol. The quantitative estimate of drug-likeness (QED) is 0.325. The average molecular weight is 475 g/mol. The Balaban J connectivity index is 1.40. The predicted octanol–water partition coefficient (Wildman–Crippen LogP) is 4.98. The van der Waals surface area contributed by atoms with Crippen molar-refractivity contribution in [3.63, 3.8) is 0 Å². The number of hydrogen-bond donors (Lipinski definition) is 0. The molecule has 0 radical (unpaired) electrons. The Morgan fingerprint density at radius 3 is 2.21 bits per heavy atom. The minimum atomic E-state index is -0.263. The lowest BCUT2D eigenvalue weighted by Crippen LogP contribution is -2.39. The molecule has 0 spiro atoms. The molecule has 34 heavy (non-hydrogen) atoms. The highest BCUT2D eigenvalue weighted by molar-refractivity contribution is 7.09. The molecule has 174 valence electrons. The molecular weight excluding hydrogens is 447 g/mol. The zero-order valence-corrected chi connectivity index (χ0v) is 19.9. The second-order valence-corrected chi connectivity index (χ2v) is 8.92. The monoisotopic (exact) mass is 474 g/mol. The molecule has 0 N–H and O–H groups in total. The van der Waals surface area contributed by atoms with Gasteiger partial charge in [0.25, 0.3) is 0 Å². The molecule has 0 aliphatic heterocycles. The second-order valence-electron chi connectivity index (χ2n) is 8.19. The van der Waals surface area contributed by atoms with E-state index in [4.69, 9.17) is 0 Å². The van der Waals surface area contributed by atoms with E-state index in [0.29, 0.717) is 30.5 Å². The van der Waals surface area contributed by atoms with Crippen LogP contribution in [0.15, 0.2) is 84.9 Å². The molecule has 0 aliphatic rings. The number of aromatic nitrogens is 2. The first kappa shape index (κ1) is 23.6. The molecule has 1 heterocycles. The molecule has 4 rings (SSSR count). The standard InChI is InChI=1S/C27H27FN4OS/c1-31(27-29-25(30-34-27)18-22-12-14-24(28)15-13-22)20-26(33)32(19-23-10-6-3-7-11-23)17-16-21-8-4-2-5-9-21/h2-15H,16-20H2,1H3. The molecule has 0 saturated carbocycles.